The van der Waals surface area contributed by atoms with E-state index >= 15 is 0 Å². The van der Waals surface area contributed by atoms with Crippen LogP contribution in [0.1, 0.15) is 44.7 Å². The molecule has 0 saturated heterocycles. The summed E-state index contributed by atoms with van der Waals surface area (Å²) in [6.07, 6.45) is 2.37. The Bertz CT molecular complexity index is 470. The second-order valence-electron chi connectivity index (χ2n) is 5.65. The zero-order chi connectivity index (χ0) is 13.8. The summed E-state index contributed by atoms with van der Waals surface area (Å²) >= 11 is 0. The Morgan fingerprint density at radius 2 is 1.61 bits per heavy atom. The van der Waals surface area contributed by atoms with Crippen LogP contribution < -0.4 is 0 Å². The van der Waals surface area contributed by atoms with Crippen molar-refractivity contribution in [3.63, 3.8) is 0 Å². The molecule has 2 nitrogen and oxygen atoms in total. The van der Waals surface area contributed by atoms with Crippen LogP contribution >= 0.6 is 10.7 Å². The molecule has 102 valence electrons. The Hall–Kier alpha value is -0.540. The Kier molecular flexibility index (Phi) is 5.23. The number of halogens is 1. The number of unbranched alkanes of at least 4 members (excludes halogenated alkanes) is 1. The predicted octanol–water partition coefficient (Wildman–Crippen LogP) is 3.88. The largest absolute Gasteiger partial charge is 0.232 e. The molecule has 0 radical (unpaired) electrons. The van der Waals surface area contributed by atoms with Crippen LogP contribution in [0.2, 0.25) is 0 Å². The van der Waals surface area contributed by atoms with Gasteiger partial charge < -0.3 is 0 Å². The van der Waals surface area contributed by atoms with Crippen LogP contribution in [-0.4, -0.2) is 14.2 Å². The van der Waals surface area contributed by atoms with Crippen LogP contribution in [0.5, 0.6) is 0 Å². The SMILES string of the molecule is CC(C)(C)c1ccc(CCCCS(=O)(=O)Cl)cc1. The van der Waals surface area contributed by atoms with Crippen molar-refractivity contribution in [3.05, 3.63) is 35.4 Å². The Labute approximate surface area is 115 Å². The second kappa shape index (κ2) is 6.07. The van der Waals surface area contributed by atoms with Gasteiger partial charge in [-0.05, 0) is 35.8 Å². The molecule has 0 saturated carbocycles. The van der Waals surface area contributed by atoms with Gasteiger partial charge in [-0.25, -0.2) is 8.42 Å². The van der Waals surface area contributed by atoms with Gasteiger partial charge in [0, 0.05) is 10.7 Å². The van der Waals surface area contributed by atoms with Crippen LogP contribution in [0.15, 0.2) is 24.3 Å². The Morgan fingerprint density at radius 1 is 1.06 bits per heavy atom. The van der Waals surface area contributed by atoms with Gasteiger partial charge in [-0.1, -0.05) is 45.0 Å². The maximum absolute atomic E-state index is 10.8. The molecule has 0 amide bonds. The molecule has 0 heterocycles. The van der Waals surface area contributed by atoms with E-state index in [1.807, 2.05) is 0 Å². The maximum atomic E-state index is 10.8. The monoisotopic (exact) mass is 288 g/mol. The first-order valence-electron chi connectivity index (χ1n) is 6.20. The second-order valence-corrected chi connectivity index (χ2v) is 8.54. The van der Waals surface area contributed by atoms with E-state index in [0.29, 0.717) is 6.42 Å². The van der Waals surface area contributed by atoms with Gasteiger partial charge in [-0.3, -0.25) is 0 Å². The van der Waals surface area contributed by atoms with E-state index in [-0.39, 0.29) is 11.2 Å². The van der Waals surface area contributed by atoms with Crippen molar-refractivity contribution in [3.8, 4) is 0 Å². The molecule has 0 aliphatic heterocycles. The minimum Gasteiger partial charge on any atom is -0.212 e. The molecule has 0 N–H and O–H groups in total. The fourth-order valence-corrected chi connectivity index (χ4v) is 2.65. The minimum absolute atomic E-state index is 0.0641. The Balaban J connectivity index is 2.45. The number of aryl methyl sites for hydroxylation is 1. The van der Waals surface area contributed by atoms with E-state index in [1.165, 1.54) is 11.1 Å². The number of rotatable bonds is 5. The third-order valence-electron chi connectivity index (χ3n) is 2.92. The van der Waals surface area contributed by atoms with Crippen LogP contribution in [0.25, 0.3) is 0 Å². The summed E-state index contributed by atoms with van der Waals surface area (Å²) in [7, 11) is 1.83. The quantitative estimate of drug-likeness (QED) is 0.609. The van der Waals surface area contributed by atoms with E-state index in [1.54, 1.807) is 0 Å². The molecule has 0 aliphatic carbocycles. The highest BCUT2D eigenvalue weighted by Gasteiger charge is 2.12. The molecule has 0 fully saturated rings. The molecule has 18 heavy (non-hydrogen) atoms. The summed E-state index contributed by atoms with van der Waals surface area (Å²) in [5.41, 5.74) is 2.73. The van der Waals surface area contributed by atoms with Crippen molar-refractivity contribution in [1.29, 1.82) is 0 Å². The van der Waals surface area contributed by atoms with Crippen molar-refractivity contribution in [2.45, 2.75) is 45.4 Å². The summed E-state index contributed by atoms with van der Waals surface area (Å²) in [5, 5.41) is 0. The molecule has 0 aliphatic rings. The fourth-order valence-electron chi connectivity index (χ4n) is 1.78. The lowest BCUT2D eigenvalue weighted by atomic mass is 9.86. The average Bonchev–Trinajstić information content (AvgIpc) is 2.22. The molecule has 0 aromatic heterocycles. The zero-order valence-electron chi connectivity index (χ0n) is 11.2. The minimum atomic E-state index is -3.33. The van der Waals surface area contributed by atoms with Crippen molar-refractivity contribution >= 4 is 19.7 Å². The summed E-state index contributed by atoms with van der Waals surface area (Å²) in [4.78, 5) is 0. The van der Waals surface area contributed by atoms with E-state index < -0.39 is 9.05 Å². The third-order valence-corrected chi connectivity index (χ3v) is 4.16. The summed E-state index contributed by atoms with van der Waals surface area (Å²) in [6, 6.07) is 8.53. The molecule has 1 aromatic rings. The van der Waals surface area contributed by atoms with Crippen LogP contribution in [0, 0.1) is 0 Å². The molecular formula is C14H21ClO2S. The highest BCUT2D eigenvalue weighted by atomic mass is 35.7. The lowest BCUT2D eigenvalue weighted by Gasteiger charge is -2.19. The number of hydrogen-bond donors (Lipinski definition) is 0. The first-order valence-corrected chi connectivity index (χ1v) is 8.68. The lowest BCUT2D eigenvalue weighted by Crippen LogP contribution is -2.10. The lowest BCUT2D eigenvalue weighted by molar-refractivity contribution is 0.589. The van der Waals surface area contributed by atoms with Crippen LogP contribution in [-0.2, 0) is 20.9 Å². The van der Waals surface area contributed by atoms with E-state index in [0.717, 1.165) is 12.8 Å². The highest BCUT2D eigenvalue weighted by molar-refractivity contribution is 8.13. The first-order chi connectivity index (χ1) is 8.18. The van der Waals surface area contributed by atoms with Gasteiger partial charge in [-0.2, -0.15) is 0 Å². The van der Waals surface area contributed by atoms with Crippen molar-refractivity contribution < 1.29 is 8.42 Å². The van der Waals surface area contributed by atoms with Crippen molar-refractivity contribution in [1.82, 2.24) is 0 Å². The van der Waals surface area contributed by atoms with Crippen LogP contribution in [0.3, 0.4) is 0 Å². The normalized spacial score (nSPS) is 12.7. The molecular weight excluding hydrogens is 268 g/mol. The van der Waals surface area contributed by atoms with Gasteiger partial charge in [0.1, 0.15) is 0 Å². The Morgan fingerprint density at radius 3 is 2.06 bits per heavy atom. The van der Waals surface area contributed by atoms with Gasteiger partial charge in [0.25, 0.3) is 0 Å². The van der Waals surface area contributed by atoms with E-state index in [2.05, 4.69) is 45.0 Å². The van der Waals surface area contributed by atoms with Crippen LogP contribution in [0.4, 0.5) is 0 Å². The van der Waals surface area contributed by atoms with Gasteiger partial charge >= 0.3 is 0 Å². The summed E-state index contributed by atoms with van der Waals surface area (Å²) in [5.74, 6) is 0.0641. The first kappa shape index (κ1) is 15.5. The summed E-state index contributed by atoms with van der Waals surface area (Å²) < 4.78 is 21.5. The number of hydrogen-bond acceptors (Lipinski definition) is 2. The molecule has 4 heteroatoms. The predicted molar refractivity (Wildman–Crippen MR) is 77.7 cm³/mol. The van der Waals surface area contributed by atoms with E-state index in [9.17, 15) is 8.42 Å². The molecule has 0 unspecified atom stereocenters. The van der Waals surface area contributed by atoms with Gasteiger partial charge in [0.05, 0.1) is 5.75 Å². The fraction of sp³-hybridized carbons (Fsp3) is 0.571. The zero-order valence-corrected chi connectivity index (χ0v) is 12.8. The summed E-state index contributed by atoms with van der Waals surface area (Å²) in [6.45, 7) is 6.56. The maximum Gasteiger partial charge on any atom is 0.232 e. The average molecular weight is 289 g/mol. The standard InChI is InChI=1S/C14H21ClO2S/c1-14(2,3)13-9-7-12(8-10-13)6-4-5-11-18(15,16)17/h7-10H,4-6,11H2,1-3H3. The smallest absolute Gasteiger partial charge is 0.212 e. The van der Waals surface area contributed by atoms with Gasteiger partial charge in [0.15, 0.2) is 0 Å². The molecule has 1 rings (SSSR count). The third kappa shape index (κ3) is 5.87. The molecule has 0 atom stereocenters. The number of benzene rings is 1. The molecule has 1 aromatic carbocycles. The molecule has 0 spiro atoms. The van der Waals surface area contributed by atoms with Gasteiger partial charge in [0.2, 0.25) is 9.05 Å². The van der Waals surface area contributed by atoms with E-state index in [4.69, 9.17) is 10.7 Å². The highest BCUT2D eigenvalue weighted by Crippen LogP contribution is 2.22. The van der Waals surface area contributed by atoms with Crippen molar-refractivity contribution in [2.75, 3.05) is 5.75 Å². The van der Waals surface area contributed by atoms with Crippen molar-refractivity contribution in [2.24, 2.45) is 0 Å². The molecule has 0 bridgehead atoms. The topological polar surface area (TPSA) is 34.1 Å². The van der Waals surface area contributed by atoms with Gasteiger partial charge in [-0.15, -0.1) is 0 Å².